The van der Waals surface area contributed by atoms with Crippen molar-refractivity contribution >= 4 is 35.1 Å². The number of nitrogens with zero attached hydrogens (tertiary/aromatic N) is 5. The molecule has 1 aliphatic heterocycles. The number of hydrogen-bond acceptors (Lipinski definition) is 7. The lowest BCUT2D eigenvalue weighted by Gasteiger charge is -2.44. The van der Waals surface area contributed by atoms with E-state index >= 15 is 0 Å². The van der Waals surface area contributed by atoms with Crippen LogP contribution in [0.25, 0.3) is 11.0 Å². The fourth-order valence-corrected chi connectivity index (χ4v) is 5.35. The number of amides is 2. The molecule has 2 aliphatic rings. The summed E-state index contributed by atoms with van der Waals surface area (Å²) < 4.78 is 7.62. The van der Waals surface area contributed by atoms with Gasteiger partial charge in [-0.2, -0.15) is 0 Å². The van der Waals surface area contributed by atoms with Gasteiger partial charge in [0.1, 0.15) is 23.4 Å². The van der Waals surface area contributed by atoms with Crippen LogP contribution < -0.4 is 10.6 Å². The van der Waals surface area contributed by atoms with Gasteiger partial charge in [-0.3, -0.25) is 9.59 Å². The van der Waals surface area contributed by atoms with Crippen molar-refractivity contribution in [2.45, 2.75) is 84.0 Å². The molecule has 0 bridgehead atoms. The Morgan fingerprint density at radius 2 is 1.89 bits per heavy atom. The van der Waals surface area contributed by atoms with Crippen molar-refractivity contribution in [1.29, 1.82) is 0 Å². The van der Waals surface area contributed by atoms with Gasteiger partial charge in [0.2, 0.25) is 5.91 Å². The van der Waals surface area contributed by atoms with Gasteiger partial charge in [0.05, 0.1) is 5.39 Å². The number of fused-ring (bicyclic) bond motifs is 1. The second-order valence-corrected chi connectivity index (χ2v) is 10.9. The van der Waals surface area contributed by atoms with Gasteiger partial charge in [-0.25, -0.2) is 14.8 Å². The first-order valence-electron chi connectivity index (χ1n) is 12.4. The summed E-state index contributed by atoms with van der Waals surface area (Å²) in [5.74, 6) is 0.234. The molecule has 4 rings (SSSR count). The highest BCUT2D eigenvalue weighted by Gasteiger charge is 2.37. The number of aromatic nitrogens is 3. The van der Waals surface area contributed by atoms with Crippen molar-refractivity contribution < 1.29 is 19.1 Å². The lowest BCUT2D eigenvalue weighted by molar-refractivity contribution is -0.123. The third-order valence-corrected chi connectivity index (χ3v) is 7.07. The van der Waals surface area contributed by atoms with Gasteiger partial charge in [0, 0.05) is 48.9 Å². The average molecular weight is 485 g/mol. The molecule has 3 heterocycles. The van der Waals surface area contributed by atoms with Crippen LogP contribution in [-0.4, -0.2) is 68.5 Å². The Kier molecular flexibility index (Phi) is 6.75. The number of primary amides is 1. The standard InChI is InChI=1S/C25H36N6O4/c1-15-11-30(24(34)35-25(3,4)5)16(2)10-29(15)22-20-18(13-32)12-31(23(20)28-14-27-22)19-8-6-7-17(9-19)21(26)33/h12-17,19H,6-11H2,1-5H3,(H2,26,33)/t15?,16-,17?,19?/m0/s1. The number of nitrogens with two attached hydrogens (primary N) is 1. The fourth-order valence-electron chi connectivity index (χ4n) is 5.35. The average Bonchev–Trinajstić information content (AvgIpc) is 3.18. The molecule has 2 fully saturated rings. The highest BCUT2D eigenvalue weighted by molar-refractivity contribution is 6.02. The van der Waals surface area contributed by atoms with Crippen LogP contribution in [0.4, 0.5) is 10.6 Å². The van der Waals surface area contributed by atoms with Crippen molar-refractivity contribution in [3.63, 3.8) is 0 Å². The summed E-state index contributed by atoms with van der Waals surface area (Å²) in [6.45, 7) is 10.6. The molecule has 2 N–H and O–H groups in total. The molecule has 1 saturated heterocycles. The summed E-state index contributed by atoms with van der Waals surface area (Å²) in [7, 11) is 0. The summed E-state index contributed by atoms with van der Waals surface area (Å²) in [6.07, 6.45) is 7.09. The van der Waals surface area contributed by atoms with Crippen LogP contribution in [0.5, 0.6) is 0 Å². The van der Waals surface area contributed by atoms with Gasteiger partial charge in [-0.05, 0) is 53.9 Å². The summed E-state index contributed by atoms with van der Waals surface area (Å²) >= 11 is 0. The van der Waals surface area contributed by atoms with Crippen LogP contribution in [-0.2, 0) is 9.53 Å². The Bertz CT molecular complexity index is 1120. The zero-order valence-corrected chi connectivity index (χ0v) is 21.2. The van der Waals surface area contributed by atoms with E-state index in [1.54, 1.807) is 4.90 Å². The van der Waals surface area contributed by atoms with Gasteiger partial charge < -0.3 is 24.8 Å². The normalized spacial score (nSPS) is 25.5. The van der Waals surface area contributed by atoms with Crippen molar-refractivity contribution in [3.05, 3.63) is 18.1 Å². The number of aldehydes is 1. The predicted molar refractivity (Wildman–Crippen MR) is 132 cm³/mol. The van der Waals surface area contributed by atoms with Gasteiger partial charge in [0.15, 0.2) is 6.29 Å². The Hall–Kier alpha value is -3.17. The van der Waals surface area contributed by atoms with Crippen LogP contribution in [0.3, 0.4) is 0 Å². The maximum atomic E-state index is 12.8. The van der Waals surface area contributed by atoms with Gasteiger partial charge in [0.25, 0.3) is 0 Å². The summed E-state index contributed by atoms with van der Waals surface area (Å²) in [5.41, 5.74) is 6.23. The number of ether oxygens (including phenoxy) is 1. The minimum atomic E-state index is -0.565. The maximum Gasteiger partial charge on any atom is 0.410 e. The van der Waals surface area contributed by atoms with Crippen molar-refractivity contribution in [2.75, 3.05) is 18.0 Å². The smallest absolute Gasteiger partial charge is 0.410 e. The zero-order chi connectivity index (χ0) is 25.5. The molecular weight excluding hydrogens is 448 g/mol. The van der Waals surface area contributed by atoms with E-state index < -0.39 is 5.60 Å². The zero-order valence-electron chi connectivity index (χ0n) is 21.2. The van der Waals surface area contributed by atoms with Crippen LogP contribution in [0.15, 0.2) is 12.5 Å². The Morgan fingerprint density at radius 3 is 2.54 bits per heavy atom. The SMILES string of the molecule is CC1CN(C(=O)OC(C)(C)C)[C@@H](C)CN1c1ncnc2c1c(C=O)cn2C1CCCC(C(N)=O)C1. The number of rotatable bonds is 4. The molecular formula is C25H36N6O4. The molecule has 2 aromatic heterocycles. The predicted octanol–water partition coefficient (Wildman–Crippen LogP) is 3.29. The Balaban J connectivity index is 1.66. The molecule has 190 valence electrons. The summed E-state index contributed by atoms with van der Waals surface area (Å²) in [6, 6.07) is -0.114. The fraction of sp³-hybridized carbons (Fsp3) is 0.640. The third kappa shape index (κ3) is 4.97. The molecule has 10 heteroatoms. The number of hydrogen-bond donors (Lipinski definition) is 1. The second-order valence-electron chi connectivity index (χ2n) is 10.9. The number of carbonyl (C=O) groups excluding carboxylic acids is 3. The second kappa shape index (κ2) is 9.47. The Morgan fingerprint density at radius 1 is 1.14 bits per heavy atom. The molecule has 2 amide bonds. The van der Waals surface area contributed by atoms with Gasteiger partial charge >= 0.3 is 6.09 Å². The summed E-state index contributed by atoms with van der Waals surface area (Å²) in [4.78, 5) is 49.7. The van der Waals surface area contributed by atoms with E-state index in [2.05, 4.69) is 14.9 Å². The lowest BCUT2D eigenvalue weighted by atomic mass is 9.85. The topological polar surface area (TPSA) is 124 Å². The molecule has 3 unspecified atom stereocenters. The van der Waals surface area contributed by atoms with Gasteiger partial charge in [-0.1, -0.05) is 6.42 Å². The molecule has 35 heavy (non-hydrogen) atoms. The van der Waals surface area contributed by atoms with Crippen LogP contribution in [0, 0.1) is 5.92 Å². The number of anilines is 1. The molecule has 0 spiro atoms. The van der Waals surface area contributed by atoms with Crippen molar-refractivity contribution in [1.82, 2.24) is 19.4 Å². The van der Waals surface area contributed by atoms with E-state index in [-0.39, 0.29) is 36.0 Å². The molecule has 1 aliphatic carbocycles. The molecule has 10 nitrogen and oxygen atoms in total. The lowest BCUT2D eigenvalue weighted by Crippen LogP contribution is -2.59. The van der Waals surface area contributed by atoms with Crippen LogP contribution in [0.1, 0.15) is 76.7 Å². The maximum absolute atomic E-state index is 12.8. The van der Waals surface area contributed by atoms with Crippen molar-refractivity contribution in [2.24, 2.45) is 11.7 Å². The number of piperazine rings is 1. The quantitative estimate of drug-likeness (QED) is 0.660. The summed E-state index contributed by atoms with van der Waals surface area (Å²) in [5, 5.41) is 0.702. The van der Waals surface area contributed by atoms with Crippen LogP contribution in [0.2, 0.25) is 0 Å². The highest BCUT2D eigenvalue weighted by Crippen LogP contribution is 2.38. The first-order chi connectivity index (χ1) is 16.5. The molecule has 0 aromatic carbocycles. The van der Waals surface area contributed by atoms with E-state index in [9.17, 15) is 14.4 Å². The van der Waals surface area contributed by atoms with Gasteiger partial charge in [-0.15, -0.1) is 0 Å². The van der Waals surface area contributed by atoms with E-state index in [1.165, 1.54) is 6.33 Å². The first kappa shape index (κ1) is 24.9. The van der Waals surface area contributed by atoms with E-state index in [0.29, 0.717) is 41.9 Å². The van der Waals surface area contributed by atoms with Crippen molar-refractivity contribution in [3.8, 4) is 0 Å². The first-order valence-corrected chi connectivity index (χ1v) is 12.4. The van der Waals surface area contributed by atoms with E-state index in [4.69, 9.17) is 10.5 Å². The monoisotopic (exact) mass is 484 g/mol. The molecule has 0 radical (unpaired) electrons. The molecule has 4 atom stereocenters. The molecule has 1 saturated carbocycles. The largest absolute Gasteiger partial charge is 0.444 e. The van der Waals surface area contributed by atoms with E-state index in [1.807, 2.05) is 45.4 Å². The minimum absolute atomic E-state index is 0.0422. The highest BCUT2D eigenvalue weighted by atomic mass is 16.6. The Labute approximate surface area is 205 Å². The van der Waals surface area contributed by atoms with Crippen LogP contribution >= 0.6 is 0 Å². The molecule has 2 aromatic rings. The minimum Gasteiger partial charge on any atom is -0.444 e. The third-order valence-electron chi connectivity index (χ3n) is 7.07. The van der Waals surface area contributed by atoms with E-state index in [0.717, 1.165) is 25.5 Å². The number of carbonyl (C=O) groups is 3.